The zero-order valence-electron chi connectivity index (χ0n) is 11.9. The fourth-order valence-corrected chi connectivity index (χ4v) is 2.97. The van der Waals surface area contributed by atoms with Crippen LogP contribution in [0.2, 0.25) is 0 Å². The third-order valence-corrected chi connectivity index (χ3v) is 4.17. The first kappa shape index (κ1) is 14.4. The molecule has 0 aliphatic carbocycles. The van der Waals surface area contributed by atoms with Crippen LogP contribution in [0, 0.1) is 0 Å². The second-order valence-electron chi connectivity index (χ2n) is 5.45. The predicted molar refractivity (Wildman–Crippen MR) is 80.3 cm³/mol. The van der Waals surface area contributed by atoms with Crippen LogP contribution in [-0.2, 0) is 0 Å². The van der Waals surface area contributed by atoms with Gasteiger partial charge in [0.25, 0.3) is 0 Å². The summed E-state index contributed by atoms with van der Waals surface area (Å²) in [7, 11) is 0. The van der Waals surface area contributed by atoms with Crippen molar-refractivity contribution in [1.82, 2.24) is 0 Å². The zero-order chi connectivity index (χ0) is 13.7. The number of rotatable bonds is 4. The van der Waals surface area contributed by atoms with Gasteiger partial charge in [-0.05, 0) is 30.9 Å². The minimum absolute atomic E-state index is 0.0822. The quantitative estimate of drug-likeness (QED) is 0.877. The van der Waals surface area contributed by atoms with Crippen molar-refractivity contribution < 1.29 is 5.11 Å². The molecule has 1 aliphatic heterocycles. The summed E-state index contributed by atoms with van der Waals surface area (Å²) in [5, 5.41) is 9.66. The molecule has 3 N–H and O–H groups in total. The van der Waals surface area contributed by atoms with Crippen molar-refractivity contribution in [2.75, 3.05) is 18.1 Å². The molecule has 1 unspecified atom stereocenters. The average molecular weight is 262 g/mol. The van der Waals surface area contributed by atoms with E-state index in [1.54, 1.807) is 0 Å². The van der Waals surface area contributed by atoms with Crippen LogP contribution in [0.1, 0.15) is 50.6 Å². The molecule has 2 atom stereocenters. The normalized spacial score (nSPS) is 22.1. The van der Waals surface area contributed by atoms with Crippen molar-refractivity contribution in [1.29, 1.82) is 0 Å². The van der Waals surface area contributed by atoms with Crippen molar-refractivity contribution in [3.8, 4) is 0 Å². The highest BCUT2D eigenvalue weighted by Crippen LogP contribution is 2.31. The van der Waals surface area contributed by atoms with E-state index in [0.29, 0.717) is 0 Å². The van der Waals surface area contributed by atoms with Gasteiger partial charge >= 0.3 is 0 Å². The average Bonchev–Trinajstić information content (AvgIpc) is 2.71. The molecule has 0 spiro atoms. The molecule has 2 rings (SSSR count). The molecule has 1 aromatic carbocycles. The molecule has 19 heavy (non-hydrogen) atoms. The molecule has 0 bridgehead atoms. The first-order valence-electron chi connectivity index (χ1n) is 7.50. The van der Waals surface area contributed by atoms with E-state index < -0.39 is 0 Å². The Bertz CT molecular complexity index is 394. The van der Waals surface area contributed by atoms with Gasteiger partial charge in [-0.2, -0.15) is 0 Å². The Labute approximate surface area is 116 Å². The molecule has 1 fully saturated rings. The number of nitrogens with zero attached hydrogens (tertiary/aromatic N) is 1. The number of nitrogens with two attached hydrogens (primary N) is 1. The van der Waals surface area contributed by atoms with Crippen LogP contribution in [0.5, 0.6) is 0 Å². The van der Waals surface area contributed by atoms with E-state index in [9.17, 15) is 5.11 Å². The minimum Gasteiger partial charge on any atom is -0.394 e. The van der Waals surface area contributed by atoms with E-state index in [1.165, 1.54) is 30.5 Å². The standard InChI is InChI=1S/C16H26N2O/c1-2-15(17)14-9-5-6-10-16(14)18-11-7-3-4-8-13(18)12-19/h5-6,9-10,13,15,19H,2-4,7-8,11-12,17H2,1H3/t13?,15-/m0/s1. The van der Waals surface area contributed by atoms with Gasteiger partial charge in [0, 0.05) is 18.3 Å². The number of hydrogen-bond acceptors (Lipinski definition) is 3. The number of benzene rings is 1. The lowest BCUT2D eigenvalue weighted by atomic mass is 10.0. The highest BCUT2D eigenvalue weighted by atomic mass is 16.3. The Balaban J connectivity index is 2.32. The second-order valence-corrected chi connectivity index (χ2v) is 5.45. The van der Waals surface area contributed by atoms with Gasteiger partial charge in [0.05, 0.1) is 12.6 Å². The minimum atomic E-state index is 0.0822. The summed E-state index contributed by atoms with van der Waals surface area (Å²) >= 11 is 0. The van der Waals surface area contributed by atoms with Gasteiger partial charge < -0.3 is 15.7 Å². The molecule has 0 saturated carbocycles. The molecule has 0 radical (unpaired) electrons. The van der Waals surface area contributed by atoms with Gasteiger partial charge in [0.15, 0.2) is 0 Å². The largest absolute Gasteiger partial charge is 0.394 e. The Morgan fingerprint density at radius 3 is 2.84 bits per heavy atom. The van der Waals surface area contributed by atoms with Crippen molar-refractivity contribution in [2.45, 2.75) is 51.1 Å². The van der Waals surface area contributed by atoms with Crippen LogP contribution >= 0.6 is 0 Å². The Morgan fingerprint density at radius 1 is 1.32 bits per heavy atom. The number of para-hydroxylation sites is 1. The van der Waals surface area contributed by atoms with Gasteiger partial charge in [-0.15, -0.1) is 0 Å². The lowest BCUT2D eigenvalue weighted by Gasteiger charge is -2.33. The molecule has 1 aromatic rings. The monoisotopic (exact) mass is 262 g/mol. The first-order valence-corrected chi connectivity index (χ1v) is 7.50. The fraction of sp³-hybridized carbons (Fsp3) is 0.625. The summed E-state index contributed by atoms with van der Waals surface area (Å²) in [5.41, 5.74) is 8.67. The van der Waals surface area contributed by atoms with Crippen LogP contribution < -0.4 is 10.6 Å². The maximum atomic E-state index is 9.66. The molecule has 0 amide bonds. The highest BCUT2D eigenvalue weighted by molar-refractivity contribution is 5.56. The van der Waals surface area contributed by atoms with Crippen LogP contribution in [0.15, 0.2) is 24.3 Å². The first-order chi connectivity index (χ1) is 9.27. The van der Waals surface area contributed by atoms with E-state index in [4.69, 9.17) is 5.73 Å². The van der Waals surface area contributed by atoms with Crippen LogP contribution in [0.25, 0.3) is 0 Å². The summed E-state index contributed by atoms with van der Waals surface area (Å²) < 4.78 is 0. The maximum Gasteiger partial charge on any atom is 0.0635 e. The smallest absolute Gasteiger partial charge is 0.0635 e. The maximum absolute atomic E-state index is 9.66. The number of hydrogen-bond donors (Lipinski definition) is 2. The summed E-state index contributed by atoms with van der Waals surface area (Å²) in [6.45, 7) is 3.38. The third-order valence-electron chi connectivity index (χ3n) is 4.17. The molecular formula is C16H26N2O. The molecule has 1 aliphatic rings. The van der Waals surface area contributed by atoms with E-state index in [-0.39, 0.29) is 18.7 Å². The van der Waals surface area contributed by atoms with E-state index in [1.807, 2.05) is 0 Å². The SMILES string of the molecule is CC[C@H](N)c1ccccc1N1CCCCCC1CO. The molecule has 1 saturated heterocycles. The lowest BCUT2D eigenvalue weighted by molar-refractivity contribution is 0.255. The second kappa shape index (κ2) is 6.92. The van der Waals surface area contributed by atoms with Gasteiger partial charge in [0.1, 0.15) is 0 Å². The summed E-state index contributed by atoms with van der Waals surface area (Å²) in [4.78, 5) is 2.37. The van der Waals surface area contributed by atoms with Gasteiger partial charge in [-0.25, -0.2) is 0 Å². The molecule has 1 heterocycles. The van der Waals surface area contributed by atoms with Crippen LogP contribution in [-0.4, -0.2) is 24.3 Å². The lowest BCUT2D eigenvalue weighted by Crippen LogP contribution is -2.38. The Kier molecular flexibility index (Phi) is 5.23. The van der Waals surface area contributed by atoms with Crippen molar-refractivity contribution in [3.05, 3.63) is 29.8 Å². The highest BCUT2D eigenvalue weighted by Gasteiger charge is 2.23. The number of aliphatic hydroxyl groups is 1. The van der Waals surface area contributed by atoms with Gasteiger partial charge in [-0.3, -0.25) is 0 Å². The van der Waals surface area contributed by atoms with Crippen molar-refractivity contribution in [2.24, 2.45) is 5.73 Å². The molecule has 3 nitrogen and oxygen atoms in total. The molecule has 0 aromatic heterocycles. The number of anilines is 1. The van der Waals surface area contributed by atoms with Crippen molar-refractivity contribution in [3.63, 3.8) is 0 Å². The molecular weight excluding hydrogens is 236 g/mol. The predicted octanol–water partition coefficient (Wildman–Crippen LogP) is 2.84. The van der Waals surface area contributed by atoms with E-state index in [0.717, 1.165) is 19.4 Å². The van der Waals surface area contributed by atoms with Crippen LogP contribution in [0.4, 0.5) is 5.69 Å². The number of aliphatic hydroxyl groups excluding tert-OH is 1. The van der Waals surface area contributed by atoms with E-state index in [2.05, 4.69) is 36.1 Å². The fourth-order valence-electron chi connectivity index (χ4n) is 2.97. The van der Waals surface area contributed by atoms with Gasteiger partial charge in [0.2, 0.25) is 0 Å². The summed E-state index contributed by atoms with van der Waals surface area (Å²) in [6, 6.07) is 8.73. The third kappa shape index (κ3) is 3.28. The van der Waals surface area contributed by atoms with E-state index >= 15 is 0 Å². The van der Waals surface area contributed by atoms with Crippen LogP contribution in [0.3, 0.4) is 0 Å². The zero-order valence-corrected chi connectivity index (χ0v) is 11.9. The summed E-state index contributed by atoms with van der Waals surface area (Å²) in [6.07, 6.45) is 5.69. The summed E-state index contributed by atoms with van der Waals surface area (Å²) in [5.74, 6) is 0. The van der Waals surface area contributed by atoms with Gasteiger partial charge in [-0.1, -0.05) is 38.0 Å². The molecule has 106 valence electrons. The Hall–Kier alpha value is -1.06. The Morgan fingerprint density at radius 2 is 2.11 bits per heavy atom. The molecule has 3 heteroatoms. The topological polar surface area (TPSA) is 49.5 Å². The van der Waals surface area contributed by atoms with Crippen molar-refractivity contribution >= 4 is 5.69 Å².